The maximum absolute atomic E-state index is 11.2. The minimum Gasteiger partial charge on any atom is -0.508 e. The van der Waals surface area contributed by atoms with E-state index in [1.807, 2.05) is 0 Å². The molecule has 4 heteroatoms. The van der Waals surface area contributed by atoms with Crippen molar-refractivity contribution < 1.29 is 9.84 Å². The molecule has 0 amide bonds. The van der Waals surface area contributed by atoms with E-state index in [-0.39, 0.29) is 10.2 Å². The Kier molecular flexibility index (Phi) is 8.32. The number of hydrogen-bond acceptors (Lipinski definition) is 4. The SMILES string of the molecule is CCCCCCC1(c2cc(O)c(C3CCC=C(C)C3)c(OC(C)C)c2)SCCS1. The van der Waals surface area contributed by atoms with Crippen LogP contribution in [0.4, 0.5) is 0 Å². The van der Waals surface area contributed by atoms with Gasteiger partial charge in [-0.25, -0.2) is 0 Å². The van der Waals surface area contributed by atoms with Crippen molar-refractivity contribution in [3.05, 3.63) is 34.9 Å². The molecule has 1 aliphatic carbocycles. The predicted octanol–water partition coefficient (Wildman–Crippen LogP) is 8.00. The molecule has 29 heavy (non-hydrogen) atoms. The number of hydrogen-bond donors (Lipinski definition) is 1. The molecular formula is C25H38O2S2. The molecule has 0 radical (unpaired) electrons. The molecule has 2 aliphatic rings. The van der Waals surface area contributed by atoms with E-state index in [9.17, 15) is 5.11 Å². The third kappa shape index (κ3) is 5.70. The highest BCUT2D eigenvalue weighted by Crippen LogP contribution is 2.57. The van der Waals surface area contributed by atoms with Crippen LogP contribution in [0.1, 0.15) is 96.1 Å². The van der Waals surface area contributed by atoms with Crippen LogP contribution < -0.4 is 4.74 Å². The van der Waals surface area contributed by atoms with Crippen molar-refractivity contribution >= 4 is 23.5 Å². The van der Waals surface area contributed by atoms with Gasteiger partial charge >= 0.3 is 0 Å². The number of rotatable bonds is 9. The summed E-state index contributed by atoms with van der Waals surface area (Å²) >= 11 is 4.13. The molecule has 0 bridgehead atoms. The van der Waals surface area contributed by atoms with Gasteiger partial charge < -0.3 is 9.84 Å². The van der Waals surface area contributed by atoms with Crippen LogP contribution in [-0.2, 0) is 4.08 Å². The molecule has 0 saturated carbocycles. The first-order valence-electron chi connectivity index (χ1n) is 11.4. The lowest BCUT2D eigenvalue weighted by Gasteiger charge is -2.31. The van der Waals surface area contributed by atoms with Crippen molar-refractivity contribution in [3.8, 4) is 11.5 Å². The lowest BCUT2D eigenvalue weighted by Crippen LogP contribution is -2.17. The van der Waals surface area contributed by atoms with Crippen LogP contribution in [0.5, 0.6) is 11.5 Å². The second-order valence-corrected chi connectivity index (χ2v) is 11.9. The monoisotopic (exact) mass is 434 g/mol. The van der Waals surface area contributed by atoms with Crippen molar-refractivity contribution in [2.24, 2.45) is 0 Å². The number of phenolic OH excluding ortho intramolecular Hbond substituents is 1. The zero-order chi connectivity index (χ0) is 20.9. The quantitative estimate of drug-likeness (QED) is 0.315. The van der Waals surface area contributed by atoms with Crippen LogP contribution in [0.2, 0.25) is 0 Å². The van der Waals surface area contributed by atoms with Crippen molar-refractivity contribution in [2.75, 3.05) is 11.5 Å². The van der Waals surface area contributed by atoms with Crippen LogP contribution in [0, 0.1) is 0 Å². The minimum atomic E-state index is 0.0707. The molecule has 1 aromatic carbocycles. The Labute approximate surface area is 186 Å². The van der Waals surface area contributed by atoms with Crippen LogP contribution in [-0.4, -0.2) is 22.7 Å². The lowest BCUT2D eigenvalue weighted by atomic mass is 9.82. The zero-order valence-electron chi connectivity index (χ0n) is 18.6. The molecule has 0 aromatic heterocycles. The summed E-state index contributed by atoms with van der Waals surface area (Å²) in [5, 5.41) is 11.2. The third-order valence-electron chi connectivity index (χ3n) is 6.02. The summed E-state index contributed by atoms with van der Waals surface area (Å²) in [4.78, 5) is 0. The average molecular weight is 435 g/mol. The van der Waals surface area contributed by atoms with Crippen LogP contribution in [0.3, 0.4) is 0 Å². The van der Waals surface area contributed by atoms with Gasteiger partial charge in [0.25, 0.3) is 0 Å². The van der Waals surface area contributed by atoms with Gasteiger partial charge in [0.2, 0.25) is 0 Å². The standard InChI is InChI=1S/C25H38O2S2/c1-5-6-7-8-12-25(28-13-14-29-25)21-16-22(26)24(23(17-21)27-18(2)3)20-11-9-10-19(4)15-20/h10,16-18,20,26H,5-9,11-15H2,1-4H3. The Balaban J connectivity index is 1.94. The molecule has 1 heterocycles. The van der Waals surface area contributed by atoms with E-state index < -0.39 is 0 Å². The maximum atomic E-state index is 11.2. The van der Waals surface area contributed by atoms with E-state index in [2.05, 4.69) is 69.4 Å². The van der Waals surface area contributed by atoms with Gasteiger partial charge in [-0.1, -0.05) is 44.3 Å². The van der Waals surface area contributed by atoms with Gasteiger partial charge in [-0.15, -0.1) is 23.5 Å². The summed E-state index contributed by atoms with van der Waals surface area (Å²) in [7, 11) is 0. The molecule has 1 fully saturated rings. The number of unbranched alkanes of at least 4 members (excludes halogenated alkanes) is 3. The van der Waals surface area contributed by atoms with Gasteiger partial charge in [0, 0.05) is 17.1 Å². The third-order valence-corrected chi connectivity index (χ3v) is 9.61. The average Bonchev–Trinajstić information content (AvgIpc) is 3.14. The molecule has 1 N–H and O–H groups in total. The van der Waals surface area contributed by atoms with E-state index in [1.165, 1.54) is 54.7 Å². The smallest absolute Gasteiger partial charge is 0.127 e. The number of ether oxygens (including phenoxy) is 1. The van der Waals surface area contributed by atoms with Crippen molar-refractivity contribution in [3.63, 3.8) is 0 Å². The Morgan fingerprint density at radius 3 is 2.59 bits per heavy atom. The molecule has 162 valence electrons. The molecule has 0 spiro atoms. The van der Waals surface area contributed by atoms with E-state index in [0.29, 0.717) is 11.7 Å². The lowest BCUT2D eigenvalue weighted by molar-refractivity contribution is 0.236. The fraction of sp³-hybridized carbons (Fsp3) is 0.680. The second-order valence-electron chi connectivity index (χ2n) is 8.86. The highest BCUT2D eigenvalue weighted by Gasteiger charge is 2.38. The Morgan fingerprint density at radius 2 is 1.93 bits per heavy atom. The van der Waals surface area contributed by atoms with E-state index in [0.717, 1.165) is 30.6 Å². The molecule has 3 rings (SSSR count). The Bertz CT molecular complexity index is 705. The van der Waals surface area contributed by atoms with E-state index in [4.69, 9.17) is 4.74 Å². The first-order chi connectivity index (χ1) is 13.9. The largest absolute Gasteiger partial charge is 0.508 e. The van der Waals surface area contributed by atoms with E-state index in [1.54, 1.807) is 0 Å². The van der Waals surface area contributed by atoms with Crippen LogP contribution >= 0.6 is 23.5 Å². The molecule has 1 atom stereocenters. The molecule has 2 nitrogen and oxygen atoms in total. The van der Waals surface area contributed by atoms with Crippen LogP contribution in [0.25, 0.3) is 0 Å². The van der Waals surface area contributed by atoms with E-state index >= 15 is 0 Å². The summed E-state index contributed by atoms with van der Waals surface area (Å²) < 4.78 is 6.38. The highest BCUT2D eigenvalue weighted by atomic mass is 32.2. The van der Waals surface area contributed by atoms with Crippen molar-refractivity contribution in [2.45, 2.75) is 95.2 Å². The van der Waals surface area contributed by atoms with Gasteiger partial charge in [-0.2, -0.15) is 0 Å². The summed E-state index contributed by atoms with van der Waals surface area (Å²) in [6.07, 6.45) is 11.9. The van der Waals surface area contributed by atoms with Crippen molar-refractivity contribution in [1.29, 1.82) is 0 Å². The maximum Gasteiger partial charge on any atom is 0.127 e. The number of allylic oxidation sites excluding steroid dienone is 2. The van der Waals surface area contributed by atoms with Gasteiger partial charge in [-0.3, -0.25) is 0 Å². The first-order valence-corrected chi connectivity index (χ1v) is 13.4. The van der Waals surface area contributed by atoms with Gasteiger partial charge in [0.15, 0.2) is 0 Å². The van der Waals surface area contributed by atoms with Crippen molar-refractivity contribution in [1.82, 2.24) is 0 Å². The Hall–Kier alpha value is -0.740. The van der Waals surface area contributed by atoms with Gasteiger partial charge in [0.05, 0.1) is 10.2 Å². The fourth-order valence-corrected chi connectivity index (χ4v) is 7.95. The second kappa shape index (κ2) is 10.5. The first kappa shape index (κ1) is 22.9. The Morgan fingerprint density at radius 1 is 1.17 bits per heavy atom. The summed E-state index contributed by atoms with van der Waals surface area (Å²) in [5.74, 6) is 4.09. The number of benzene rings is 1. The van der Waals surface area contributed by atoms with Gasteiger partial charge in [0.1, 0.15) is 11.5 Å². The number of aromatic hydroxyl groups is 1. The molecule has 1 saturated heterocycles. The molecule has 1 aliphatic heterocycles. The minimum absolute atomic E-state index is 0.0707. The fourth-order valence-electron chi connectivity index (χ4n) is 4.64. The summed E-state index contributed by atoms with van der Waals surface area (Å²) in [6, 6.07) is 4.34. The summed E-state index contributed by atoms with van der Waals surface area (Å²) in [6.45, 7) is 8.64. The predicted molar refractivity (Wildman–Crippen MR) is 130 cm³/mol. The topological polar surface area (TPSA) is 29.5 Å². The highest BCUT2D eigenvalue weighted by molar-refractivity contribution is 8.20. The molecular weight excluding hydrogens is 396 g/mol. The zero-order valence-corrected chi connectivity index (χ0v) is 20.3. The molecule has 1 unspecified atom stereocenters. The van der Waals surface area contributed by atoms with Gasteiger partial charge in [-0.05, 0) is 70.1 Å². The number of phenols is 1. The number of thioether (sulfide) groups is 2. The normalized spacial score (nSPS) is 21.4. The summed E-state index contributed by atoms with van der Waals surface area (Å²) in [5.41, 5.74) is 3.71. The molecule has 1 aromatic rings. The van der Waals surface area contributed by atoms with Crippen LogP contribution in [0.15, 0.2) is 23.8 Å².